The summed E-state index contributed by atoms with van der Waals surface area (Å²) < 4.78 is 19.0. The second-order valence-corrected chi connectivity index (χ2v) is 9.48. The number of nitrogens with zero attached hydrogens (tertiary/aromatic N) is 2. The number of fused-ring (bicyclic) bond motifs is 1. The maximum Gasteiger partial charge on any atom is 0.235 e. The first kappa shape index (κ1) is 22.7. The summed E-state index contributed by atoms with van der Waals surface area (Å²) >= 11 is 0. The molecule has 0 spiro atoms. The van der Waals surface area contributed by atoms with Gasteiger partial charge in [0.2, 0.25) is 6.36 Å². The van der Waals surface area contributed by atoms with Gasteiger partial charge in [-0.2, -0.15) is 0 Å². The van der Waals surface area contributed by atoms with Crippen molar-refractivity contribution >= 4 is 11.1 Å². The molecule has 1 fully saturated rings. The summed E-state index contributed by atoms with van der Waals surface area (Å²) in [5.74, 6) is 1.95. The van der Waals surface area contributed by atoms with E-state index < -0.39 is 6.36 Å². The Hall–Kier alpha value is -2.53. The van der Waals surface area contributed by atoms with Crippen molar-refractivity contribution in [3.05, 3.63) is 64.8 Å². The molecule has 2 aromatic heterocycles. The summed E-state index contributed by atoms with van der Waals surface area (Å²) in [4.78, 5) is 9.63. The third-order valence-electron chi connectivity index (χ3n) is 6.88. The zero-order valence-electron chi connectivity index (χ0n) is 19.6. The van der Waals surface area contributed by atoms with E-state index in [9.17, 15) is 4.39 Å². The number of rotatable bonds is 6. The van der Waals surface area contributed by atoms with E-state index in [2.05, 4.69) is 39.0 Å². The fourth-order valence-electron chi connectivity index (χ4n) is 5.04. The summed E-state index contributed by atoms with van der Waals surface area (Å²) in [5, 5.41) is 0. The number of pyridine rings is 2. The lowest BCUT2D eigenvalue weighted by molar-refractivity contribution is 0.0855. The molecule has 2 aliphatic rings. The zero-order valence-corrected chi connectivity index (χ0v) is 19.6. The minimum atomic E-state index is -1.39. The van der Waals surface area contributed by atoms with Gasteiger partial charge >= 0.3 is 0 Å². The van der Waals surface area contributed by atoms with Gasteiger partial charge in [-0.25, -0.2) is 4.39 Å². The number of nitrogens with two attached hydrogens (primary N) is 1. The third kappa shape index (κ3) is 4.63. The molecule has 0 aliphatic heterocycles. The van der Waals surface area contributed by atoms with Crippen molar-refractivity contribution in [2.24, 2.45) is 17.6 Å². The van der Waals surface area contributed by atoms with Crippen molar-refractivity contribution in [3.8, 4) is 5.75 Å². The van der Waals surface area contributed by atoms with Crippen molar-refractivity contribution in [1.29, 1.82) is 0 Å². The van der Waals surface area contributed by atoms with Crippen LogP contribution < -0.4 is 10.5 Å². The summed E-state index contributed by atoms with van der Waals surface area (Å²) in [5.41, 5.74) is 13.4. The topological polar surface area (TPSA) is 61.0 Å². The van der Waals surface area contributed by atoms with E-state index in [1.54, 1.807) is 6.20 Å². The molecule has 32 heavy (non-hydrogen) atoms. The Morgan fingerprint density at radius 3 is 2.59 bits per heavy atom. The van der Waals surface area contributed by atoms with Crippen LogP contribution in [0.3, 0.4) is 0 Å². The molecular formula is C27H34FN3O. The Labute approximate surface area is 190 Å². The molecule has 170 valence electrons. The summed E-state index contributed by atoms with van der Waals surface area (Å²) in [6.07, 6.45) is 9.17. The normalized spacial score (nSPS) is 21.9. The molecule has 0 radical (unpaired) electrons. The molecule has 0 bridgehead atoms. The van der Waals surface area contributed by atoms with E-state index in [0.29, 0.717) is 30.0 Å². The van der Waals surface area contributed by atoms with Gasteiger partial charge in [-0.15, -0.1) is 0 Å². The molecule has 0 aromatic carbocycles. The molecule has 3 unspecified atom stereocenters. The largest absolute Gasteiger partial charge is 0.459 e. The van der Waals surface area contributed by atoms with Crippen LogP contribution in [0, 0.1) is 11.8 Å². The second kappa shape index (κ2) is 9.53. The lowest BCUT2D eigenvalue weighted by Crippen LogP contribution is -2.26. The van der Waals surface area contributed by atoms with Crippen LogP contribution in [-0.2, 0) is 6.54 Å². The van der Waals surface area contributed by atoms with Gasteiger partial charge < -0.3 is 10.5 Å². The van der Waals surface area contributed by atoms with Crippen LogP contribution in [0.15, 0.2) is 42.2 Å². The average molecular weight is 436 g/mol. The highest BCUT2D eigenvalue weighted by molar-refractivity contribution is 5.96. The Morgan fingerprint density at radius 2 is 2.03 bits per heavy atom. The maximum absolute atomic E-state index is 13.6. The van der Waals surface area contributed by atoms with Crippen LogP contribution in [0.25, 0.3) is 11.1 Å². The highest BCUT2D eigenvalue weighted by Crippen LogP contribution is 2.50. The van der Waals surface area contributed by atoms with Gasteiger partial charge in [-0.05, 0) is 60.9 Å². The van der Waals surface area contributed by atoms with Crippen LogP contribution >= 0.6 is 0 Å². The molecule has 2 aliphatic carbocycles. The van der Waals surface area contributed by atoms with Crippen molar-refractivity contribution in [1.82, 2.24) is 9.97 Å². The molecule has 4 nitrogen and oxygen atoms in total. The molecule has 0 saturated heterocycles. The van der Waals surface area contributed by atoms with E-state index >= 15 is 0 Å². The minimum absolute atomic E-state index is 0.300. The van der Waals surface area contributed by atoms with E-state index in [4.69, 9.17) is 20.4 Å². The average Bonchev–Trinajstić information content (AvgIpc) is 2.82. The number of alkyl halides is 1. The Balaban J connectivity index is 1.94. The first-order chi connectivity index (χ1) is 15.4. The standard InChI is InChI=1S/C27H34FN3O/c1-16(2)10-23-24(26-9-8-19(13-29)14-30-26)12-22(20-6-5-7-20)17(3)27-25(23)11-21(15-31-27)32-18(4)28/h8-11,14-15,17-18,20,22H,5-7,12-13,29H2,1-4H3. The number of hydrogen-bond donors (Lipinski definition) is 1. The second-order valence-electron chi connectivity index (χ2n) is 9.48. The van der Waals surface area contributed by atoms with Crippen LogP contribution in [0.1, 0.15) is 81.8 Å². The smallest absolute Gasteiger partial charge is 0.235 e. The molecular weight excluding hydrogens is 401 g/mol. The highest BCUT2D eigenvalue weighted by Gasteiger charge is 2.37. The summed E-state index contributed by atoms with van der Waals surface area (Å²) in [6, 6.07) is 6.11. The molecule has 0 amide bonds. The van der Waals surface area contributed by atoms with E-state index in [1.807, 2.05) is 12.3 Å². The van der Waals surface area contributed by atoms with Crippen molar-refractivity contribution < 1.29 is 9.13 Å². The van der Waals surface area contributed by atoms with E-state index in [-0.39, 0.29) is 0 Å². The molecule has 3 atom stereocenters. The van der Waals surface area contributed by atoms with Gasteiger partial charge in [0.05, 0.1) is 17.6 Å². The van der Waals surface area contributed by atoms with Gasteiger partial charge in [-0.1, -0.05) is 43.9 Å². The number of allylic oxidation sites excluding steroid dienone is 4. The van der Waals surface area contributed by atoms with E-state index in [1.165, 1.54) is 37.3 Å². The van der Waals surface area contributed by atoms with Crippen LogP contribution in [0.2, 0.25) is 0 Å². The van der Waals surface area contributed by atoms with Gasteiger partial charge in [0.25, 0.3) is 0 Å². The summed E-state index contributed by atoms with van der Waals surface area (Å²) in [6.45, 7) is 8.36. The first-order valence-electron chi connectivity index (χ1n) is 11.7. The van der Waals surface area contributed by atoms with Crippen LogP contribution in [0.4, 0.5) is 4.39 Å². The zero-order chi connectivity index (χ0) is 22.8. The number of aromatic nitrogens is 2. The first-order valence-corrected chi connectivity index (χ1v) is 11.7. The predicted molar refractivity (Wildman–Crippen MR) is 128 cm³/mol. The Kier molecular flexibility index (Phi) is 6.75. The molecule has 2 N–H and O–H groups in total. The number of hydrogen-bond acceptors (Lipinski definition) is 4. The van der Waals surface area contributed by atoms with Gasteiger partial charge in [0.15, 0.2) is 0 Å². The van der Waals surface area contributed by atoms with Crippen molar-refractivity contribution in [3.63, 3.8) is 0 Å². The fraction of sp³-hybridized carbons (Fsp3) is 0.481. The SMILES string of the molecule is CC(C)=CC1=C(c2ccc(CN)cn2)CC(C2CCC2)C(C)c2ncc(OC(C)F)cc21. The highest BCUT2D eigenvalue weighted by atomic mass is 19.1. The van der Waals surface area contributed by atoms with Crippen LogP contribution in [0.5, 0.6) is 5.75 Å². The molecule has 2 heterocycles. The number of ether oxygens (including phenoxy) is 1. The van der Waals surface area contributed by atoms with E-state index in [0.717, 1.165) is 34.5 Å². The van der Waals surface area contributed by atoms with Crippen molar-refractivity contribution in [2.75, 3.05) is 0 Å². The molecule has 4 rings (SSSR count). The predicted octanol–water partition coefficient (Wildman–Crippen LogP) is 6.43. The monoisotopic (exact) mass is 435 g/mol. The Bertz CT molecular complexity index is 1020. The maximum atomic E-state index is 13.6. The quantitative estimate of drug-likeness (QED) is 0.568. The Morgan fingerprint density at radius 1 is 1.25 bits per heavy atom. The van der Waals surface area contributed by atoms with Gasteiger partial charge in [-0.3, -0.25) is 9.97 Å². The lowest BCUT2D eigenvalue weighted by Gasteiger charge is -2.37. The number of halogens is 1. The summed E-state index contributed by atoms with van der Waals surface area (Å²) in [7, 11) is 0. The molecule has 5 heteroatoms. The lowest BCUT2D eigenvalue weighted by atomic mass is 9.68. The minimum Gasteiger partial charge on any atom is -0.459 e. The van der Waals surface area contributed by atoms with Gasteiger partial charge in [0.1, 0.15) is 5.75 Å². The van der Waals surface area contributed by atoms with Crippen LogP contribution in [-0.4, -0.2) is 16.3 Å². The van der Waals surface area contributed by atoms with Gasteiger partial charge in [0, 0.05) is 31.1 Å². The fourth-order valence-corrected chi connectivity index (χ4v) is 5.04. The molecule has 2 aromatic rings. The van der Waals surface area contributed by atoms with Crippen molar-refractivity contribution in [2.45, 2.75) is 72.2 Å². The third-order valence-corrected chi connectivity index (χ3v) is 6.88. The molecule has 1 saturated carbocycles.